The van der Waals surface area contributed by atoms with Gasteiger partial charge in [0, 0.05) is 74.2 Å². The highest BCUT2D eigenvalue weighted by Gasteiger charge is 2.50. The summed E-state index contributed by atoms with van der Waals surface area (Å²) in [4.78, 5) is 40.7. The summed E-state index contributed by atoms with van der Waals surface area (Å²) < 4.78 is 23.7. The molecule has 6 N–H and O–H groups in total. The zero-order chi connectivity index (χ0) is 44.9. The van der Waals surface area contributed by atoms with E-state index in [2.05, 4.69) is 10.4 Å². The maximum atomic E-state index is 14.5. The fourth-order valence-electron chi connectivity index (χ4n) is 8.53. The van der Waals surface area contributed by atoms with Gasteiger partial charge in [0.05, 0.1) is 53.0 Å². The minimum Gasteiger partial charge on any atom is -0.507 e. The Morgan fingerprint density at radius 1 is 0.902 bits per heavy atom. The number of hydrazone groups is 1. The molecular formula is C46H63N3O12. The van der Waals surface area contributed by atoms with Gasteiger partial charge in [0.2, 0.25) is 0 Å². The molecule has 4 aliphatic heterocycles. The van der Waals surface area contributed by atoms with Gasteiger partial charge in [-0.15, -0.1) is 0 Å². The van der Waals surface area contributed by atoms with Crippen molar-refractivity contribution in [3.05, 3.63) is 52.8 Å². The highest BCUT2D eigenvalue weighted by molar-refractivity contribution is 6.23. The molecule has 9 atom stereocenters. The van der Waals surface area contributed by atoms with Crippen LogP contribution in [0, 0.1) is 30.6 Å². The summed E-state index contributed by atoms with van der Waals surface area (Å²) in [6.45, 7) is 13.9. The third-order valence-electron chi connectivity index (χ3n) is 12.5. The number of aliphatic hydroxyl groups excluding tert-OH is 2. The molecular weight excluding hydrogens is 787 g/mol. The molecule has 2 aromatic rings. The Hall–Kier alpha value is -5.12. The second kappa shape index (κ2) is 19.7. The number of amides is 1. The number of hydrogen-bond acceptors (Lipinski definition) is 14. The molecule has 1 amide bonds. The molecule has 0 aromatic heterocycles. The highest BCUT2D eigenvalue weighted by atomic mass is 16.7. The molecule has 0 spiro atoms. The van der Waals surface area contributed by atoms with Crippen molar-refractivity contribution in [1.82, 2.24) is 5.01 Å². The van der Waals surface area contributed by atoms with Crippen molar-refractivity contribution >= 4 is 40.3 Å². The van der Waals surface area contributed by atoms with Crippen LogP contribution >= 0.6 is 0 Å². The third-order valence-corrected chi connectivity index (χ3v) is 12.5. The summed E-state index contributed by atoms with van der Waals surface area (Å²) in [5.74, 6) is -8.25. The number of phenolic OH excluding ortho intramolecular Hbond substituents is 3. The zero-order valence-electron chi connectivity index (χ0n) is 36.7. The van der Waals surface area contributed by atoms with Crippen molar-refractivity contribution in [1.29, 1.82) is 0 Å². The molecule has 2 aromatic carbocycles. The Kier molecular flexibility index (Phi) is 15.2. The summed E-state index contributed by atoms with van der Waals surface area (Å²) in [6, 6.07) is 0. The van der Waals surface area contributed by atoms with E-state index in [0.717, 1.165) is 38.5 Å². The SMILES string of the molecule is COC1/C=C/OC2(C)Oc3c(C)c(O)c4c(O)c(c(/C=N/N5CCCCCCCC5)c(O)c4c3C2=O)NC(=O)/C(C)=C\C=C\C(C)C(O)C(C)C(O)C(C)C(OC(C)=O)C1C. The Balaban J connectivity index is 1.71. The van der Waals surface area contributed by atoms with Crippen molar-refractivity contribution in [2.45, 2.75) is 124 Å². The first-order valence-electron chi connectivity index (χ1n) is 21.2. The number of aliphatic hydroxyl groups is 2. The maximum Gasteiger partial charge on any atom is 0.312 e. The van der Waals surface area contributed by atoms with E-state index in [4.69, 9.17) is 18.9 Å². The van der Waals surface area contributed by atoms with Gasteiger partial charge >= 0.3 is 11.8 Å². The lowest BCUT2D eigenvalue weighted by molar-refractivity contribution is -0.160. The Morgan fingerprint density at radius 3 is 2.16 bits per heavy atom. The van der Waals surface area contributed by atoms with Crippen molar-refractivity contribution in [3.8, 4) is 23.0 Å². The predicted molar refractivity (Wildman–Crippen MR) is 231 cm³/mol. The van der Waals surface area contributed by atoms with Crippen LogP contribution in [-0.4, -0.2) is 105 Å². The number of allylic oxidation sites excluding steroid dienone is 2. The first kappa shape index (κ1) is 46.9. The lowest BCUT2D eigenvalue weighted by atomic mass is 9.78. The molecule has 4 aliphatic rings. The molecule has 0 saturated carbocycles. The van der Waals surface area contributed by atoms with Crippen molar-refractivity contribution in [2.75, 3.05) is 25.5 Å². The van der Waals surface area contributed by atoms with E-state index in [9.17, 15) is 39.9 Å². The number of ether oxygens (including phenoxy) is 4. The van der Waals surface area contributed by atoms with Gasteiger partial charge in [-0.25, -0.2) is 0 Å². The first-order valence-corrected chi connectivity index (χ1v) is 21.2. The van der Waals surface area contributed by atoms with Crippen molar-refractivity contribution in [3.63, 3.8) is 0 Å². The van der Waals surface area contributed by atoms with Crippen LogP contribution in [0.5, 0.6) is 23.0 Å². The fraction of sp³-hybridized carbons (Fsp3) is 0.565. The van der Waals surface area contributed by atoms with E-state index < -0.39 is 88.8 Å². The van der Waals surface area contributed by atoms with Crippen LogP contribution in [0.15, 0.2) is 41.2 Å². The predicted octanol–water partition coefficient (Wildman–Crippen LogP) is 6.74. The average Bonchev–Trinajstić information content (AvgIpc) is 3.56. The molecule has 61 heavy (non-hydrogen) atoms. The van der Waals surface area contributed by atoms with Gasteiger partial charge in [0.15, 0.2) is 5.75 Å². The molecule has 0 aliphatic carbocycles. The van der Waals surface area contributed by atoms with Gasteiger partial charge in [-0.3, -0.25) is 19.4 Å². The average molecular weight is 850 g/mol. The van der Waals surface area contributed by atoms with Crippen LogP contribution < -0.4 is 10.1 Å². The number of nitrogens with zero attached hydrogens (tertiary/aromatic N) is 2. The molecule has 4 heterocycles. The van der Waals surface area contributed by atoms with Crippen molar-refractivity contribution in [2.24, 2.45) is 28.8 Å². The third kappa shape index (κ3) is 9.84. The molecule has 1 saturated heterocycles. The number of fused-ring (bicyclic) bond motifs is 14. The molecule has 334 valence electrons. The number of carbonyl (C=O) groups is 3. The Labute approximate surface area is 357 Å². The van der Waals surface area contributed by atoms with Crippen molar-refractivity contribution < 1.29 is 58.9 Å². The minimum atomic E-state index is -2.04. The number of aromatic hydroxyl groups is 3. The summed E-state index contributed by atoms with van der Waals surface area (Å²) in [5, 5.41) is 67.5. The number of anilines is 1. The molecule has 15 nitrogen and oxygen atoms in total. The zero-order valence-corrected chi connectivity index (χ0v) is 36.7. The minimum absolute atomic E-state index is 0.0645. The Morgan fingerprint density at radius 2 is 1.54 bits per heavy atom. The number of nitrogens with one attached hydrogen (secondary N) is 1. The van der Waals surface area contributed by atoms with Crippen LogP contribution in [0.4, 0.5) is 5.69 Å². The molecule has 1 fully saturated rings. The first-order chi connectivity index (χ1) is 28.8. The van der Waals surface area contributed by atoms with Crippen LogP contribution in [0.3, 0.4) is 0 Å². The van der Waals surface area contributed by atoms with Gasteiger partial charge in [0.25, 0.3) is 11.7 Å². The van der Waals surface area contributed by atoms with E-state index in [1.807, 2.05) is 5.01 Å². The lowest BCUT2D eigenvalue weighted by Gasteiger charge is -2.38. The van der Waals surface area contributed by atoms with Gasteiger partial charge in [-0.05, 0) is 32.8 Å². The van der Waals surface area contributed by atoms with E-state index in [-0.39, 0.29) is 44.5 Å². The van der Waals surface area contributed by atoms with Crippen LogP contribution in [0.25, 0.3) is 10.8 Å². The maximum absolute atomic E-state index is 14.5. The lowest BCUT2D eigenvalue weighted by Crippen LogP contribution is -2.46. The number of ketones is 1. The van der Waals surface area contributed by atoms with Gasteiger partial charge in [-0.2, -0.15) is 5.10 Å². The number of Topliss-reactive ketones (excluding diaryl/α,β-unsaturated/α-hetero) is 1. The normalized spacial score (nSPS) is 31.7. The van der Waals surface area contributed by atoms with Crippen LogP contribution in [-0.2, 0) is 23.8 Å². The number of benzene rings is 2. The fourth-order valence-corrected chi connectivity index (χ4v) is 8.53. The second-order valence-corrected chi connectivity index (χ2v) is 16.9. The smallest absolute Gasteiger partial charge is 0.312 e. The standard InChI is InChI=1S/C46H63N3O12/c1-24-17-16-18-25(2)45(57)48-36-31(23-47-49-20-14-12-10-11-13-15-21-49)40(54)33-34(41(36)55)39(53)29(6)43-35(33)44(56)46(8,61-43)59-22-19-32(58-9)26(3)42(60-30(7)50)28(5)38(52)27(4)37(24)51/h16-19,22-24,26-28,32,37-38,42,51-55H,10-15,20-21H2,1-9H3,(H,48,57)/b17-16+,22-19+,25-18-,47-23+. The summed E-state index contributed by atoms with van der Waals surface area (Å²) in [6.07, 6.45) is 11.1. The van der Waals surface area contributed by atoms with E-state index >= 15 is 0 Å². The number of rotatable bonds is 4. The molecule has 9 unspecified atom stereocenters. The summed E-state index contributed by atoms with van der Waals surface area (Å²) >= 11 is 0. The second-order valence-electron chi connectivity index (χ2n) is 16.9. The largest absolute Gasteiger partial charge is 0.507 e. The number of carbonyl (C=O) groups excluding carboxylic acids is 3. The van der Waals surface area contributed by atoms with Gasteiger partial charge in [0.1, 0.15) is 23.4 Å². The van der Waals surface area contributed by atoms with Gasteiger partial charge in [-0.1, -0.05) is 71.6 Å². The van der Waals surface area contributed by atoms with Crippen LogP contribution in [0.1, 0.15) is 108 Å². The van der Waals surface area contributed by atoms with Crippen LogP contribution in [0.2, 0.25) is 0 Å². The van der Waals surface area contributed by atoms with E-state index in [1.54, 1.807) is 39.8 Å². The number of hydrogen-bond donors (Lipinski definition) is 6. The Bertz CT molecular complexity index is 2090. The molecule has 5 bridgehead atoms. The van der Waals surface area contributed by atoms with Gasteiger partial charge < -0.3 is 49.8 Å². The molecule has 6 rings (SSSR count). The molecule has 0 radical (unpaired) electrons. The summed E-state index contributed by atoms with van der Waals surface area (Å²) in [7, 11) is 1.44. The monoisotopic (exact) mass is 849 g/mol. The van der Waals surface area contributed by atoms with E-state index in [0.29, 0.717) is 13.1 Å². The quantitative estimate of drug-likeness (QED) is 0.0814. The number of phenols is 3. The van der Waals surface area contributed by atoms with E-state index in [1.165, 1.54) is 59.4 Å². The topological polar surface area (TPSA) is 217 Å². The molecule has 15 heteroatoms. The number of methoxy groups -OCH3 is 1. The number of esters is 1. The summed E-state index contributed by atoms with van der Waals surface area (Å²) in [5.41, 5.74) is -0.276. The highest BCUT2D eigenvalue weighted by Crippen LogP contribution is 2.55.